The van der Waals surface area contributed by atoms with Crippen molar-refractivity contribution in [3.63, 3.8) is 0 Å². The molecule has 36 heavy (non-hydrogen) atoms. The molecule has 8 heteroatoms. The van der Waals surface area contributed by atoms with Gasteiger partial charge in [-0.1, -0.05) is 42.5 Å². The summed E-state index contributed by atoms with van der Waals surface area (Å²) in [4.78, 5) is 28.0. The number of rotatable bonds is 5. The minimum atomic E-state index is -0.519. The molecule has 0 bridgehead atoms. The number of benzene rings is 3. The molecule has 2 N–H and O–H groups in total. The summed E-state index contributed by atoms with van der Waals surface area (Å²) >= 11 is 0. The molecule has 1 unspecified atom stereocenters. The van der Waals surface area contributed by atoms with Crippen molar-refractivity contribution >= 4 is 23.2 Å². The summed E-state index contributed by atoms with van der Waals surface area (Å²) in [5, 5.41) is 25.8. The first-order chi connectivity index (χ1) is 17.4. The van der Waals surface area contributed by atoms with Gasteiger partial charge in [0.15, 0.2) is 0 Å². The first kappa shape index (κ1) is 23.0. The standard InChI is InChI=1S/C28H23N5O3/c1-18(34)20-5-7-21(8-6-20)22-9-11-24(12-10-22)32-13-14-33-26(28(32)36)25(17-30-33)27(35)31-23-4-2-3-19(15-23)16-29/h2-12,15,17-18,34H,13-14H2,1H3,(H,31,35). The third kappa shape index (κ3) is 4.35. The zero-order valence-electron chi connectivity index (χ0n) is 19.5. The average Bonchev–Trinajstić information content (AvgIpc) is 3.35. The summed E-state index contributed by atoms with van der Waals surface area (Å²) in [7, 11) is 0. The van der Waals surface area contributed by atoms with E-state index in [4.69, 9.17) is 5.26 Å². The Morgan fingerprint density at radius 1 is 1.06 bits per heavy atom. The minimum absolute atomic E-state index is 0.182. The molecule has 0 saturated carbocycles. The fourth-order valence-electron chi connectivity index (χ4n) is 4.27. The van der Waals surface area contributed by atoms with E-state index in [1.807, 2.05) is 54.6 Å². The Labute approximate surface area is 208 Å². The Balaban J connectivity index is 1.36. The van der Waals surface area contributed by atoms with Gasteiger partial charge in [-0.3, -0.25) is 14.3 Å². The highest BCUT2D eigenvalue weighted by Crippen LogP contribution is 2.28. The van der Waals surface area contributed by atoms with E-state index in [-0.39, 0.29) is 17.2 Å². The number of hydrogen-bond donors (Lipinski definition) is 2. The normalized spacial score (nSPS) is 13.6. The number of nitrogens with zero attached hydrogens (tertiary/aromatic N) is 4. The fraction of sp³-hybridized carbons (Fsp3) is 0.143. The van der Waals surface area contributed by atoms with Crippen LogP contribution >= 0.6 is 0 Å². The van der Waals surface area contributed by atoms with E-state index in [0.29, 0.717) is 24.3 Å². The number of fused-ring (bicyclic) bond motifs is 1. The van der Waals surface area contributed by atoms with E-state index in [9.17, 15) is 14.7 Å². The summed E-state index contributed by atoms with van der Waals surface area (Å²) in [5.41, 5.74) is 4.88. The van der Waals surface area contributed by atoms with Gasteiger partial charge in [0.25, 0.3) is 11.8 Å². The highest BCUT2D eigenvalue weighted by Gasteiger charge is 2.32. The van der Waals surface area contributed by atoms with Crippen LogP contribution in [-0.2, 0) is 6.54 Å². The van der Waals surface area contributed by atoms with Crippen molar-refractivity contribution in [1.82, 2.24) is 9.78 Å². The van der Waals surface area contributed by atoms with E-state index in [1.165, 1.54) is 6.20 Å². The smallest absolute Gasteiger partial charge is 0.277 e. The number of carbonyl (C=O) groups is 2. The van der Waals surface area contributed by atoms with Gasteiger partial charge in [-0.2, -0.15) is 10.4 Å². The van der Waals surface area contributed by atoms with Crippen LogP contribution in [0, 0.1) is 11.3 Å². The molecule has 1 aliphatic heterocycles. The molecule has 1 aromatic heterocycles. The third-order valence-corrected chi connectivity index (χ3v) is 6.22. The molecule has 2 heterocycles. The number of anilines is 2. The molecule has 4 aromatic rings. The Morgan fingerprint density at radius 3 is 2.42 bits per heavy atom. The zero-order chi connectivity index (χ0) is 25.2. The molecule has 1 aliphatic rings. The van der Waals surface area contributed by atoms with Crippen LogP contribution in [0.25, 0.3) is 11.1 Å². The van der Waals surface area contributed by atoms with Gasteiger partial charge in [0, 0.05) is 17.9 Å². The Kier molecular flexibility index (Phi) is 6.07. The van der Waals surface area contributed by atoms with Crippen molar-refractivity contribution in [3.8, 4) is 17.2 Å². The topological polar surface area (TPSA) is 111 Å². The largest absolute Gasteiger partial charge is 0.389 e. The predicted octanol–water partition coefficient (Wildman–Crippen LogP) is 4.39. The summed E-state index contributed by atoms with van der Waals surface area (Å²) < 4.78 is 1.55. The van der Waals surface area contributed by atoms with Crippen LogP contribution in [0.1, 0.15) is 45.0 Å². The number of nitriles is 1. The van der Waals surface area contributed by atoms with Gasteiger partial charge in [-0.15, -0.1) is 0 Å². The molecule has 0 radical (unpaired) electrons. The number of aliphatic hydroxyl groups is 1. The monoisotopic (exact) mass is 477 g/mol. The summed E-state index contributed by atoms with van der Waals surface area (Å²) in [6.45, 7) is 2.62. The van der Waals surface area contributed by atoms with E-state index in [1.54, 1.807) is 40.8 Å². The van der Waals surface area contributed by atoms with Crippen molar-refractivity contribution in [3.05, 3.63) is 101 Å². The van der Waals surface area contributed by atoms with Crippen LogP contribution in [0.5, 0.6) is 0 Å². The second-order valence-corrected chi connectivity index (χ2v) is 8.58. The SMILES string of the molecule is CC(O)c1ccc(-c2ccc(N3CCn4ncc(C(=O)Nc5cccc(C#N)c5)c4C3=O)cc2)cc1. The zero-order valence-corrected chi connectivity index (χ0v) is 19.5. The average molecular weight is 478 g/mol. The maximum absolute atomic E-state index is 13.4. The summed E-state index contributed by atoms with van der Waals surface area (Å²) in [5.74, 6) is -0.763. The van der Waals surface area contributed by atoms with Gasteiger partial charge in [0.05, 0.1) is 36.0 Å². The van der Waals surface area contributed by atoms with Gasteiger partial charge in [0.1, 0.15) is 5.69 Å². The van der Waals surface area contributed by atoms with Crippen molar-refractivity contribution in [2.45, 2.75) is 19.6 Å². The van der Waals surface area contributed by atoms with Gasteiger partial charge >= 0.3 is 0 Å². The van der Waals surface area contributed by atoms with Crippen LogP contribution in [0.2, 0.25) is 0 Å². The molecule has 178 valence electrons. The molecular formula is C28H23N5O3. The van der Waals surface area contributed by atoms with E-state index in [2.05, 4.69) is 10.4 Å². The molecule has 0 fully saturated rings. The van der Waals surface area contributed by atoms with Crippen molar-refractivity contribution in [2.75, 3.05) is 16.8 Å². The van der Waals surface area contributed by atoms with Gasteiger partial charge < -0.3 is 15.3 Å². The Morgan fingerprint density at radius 2 is 1.75 bits per heavy atom. The fourth-order valence-corrected chi connectivity index (χ4v) is 4.27. The van der Waals surface area contributed by atoms with Crippen LogP contribution < -0.4 is 10.2 Å². The molecule has 0 spiro atoms. The van der Waals surface area contributed by atoms with E-state index >= 15 is 0 Å². The first-order valence-corrected chi connectivity index (χ1v) is 11.5. The molecule has 0 aliphatic carbocycles. The number of aliphatic hydroxyl groups excluding tert-OH is 1. The molecule has 8 nitrogen and oxygen atoms in total. The maximum atomic E-state index is 13.4. The maximum Gasteiger partial charge on any atom is 0.277 e. The lowest BCUT2D eigenvalue weighted by Gasteiger charge is -2.28. The molecule has 2 amide bonds. The second-order valence-electron chi connectivity index (χ2n) is 8.58. The quantitative estimate of drug-likeness (QED) is 0.443. The first-order valence-electron chi connectivity index (χ1n) is 11.5. The van der Waals surface area contributed by atoms with Crippen LogP contribution in [-0.4, -0.2) is 33.2 Å². The number of amides is 2. The molecular weight excluding hydrogens is 454 g/mol. The number of aromatic nitrogens is 2. The second kappa shape index (κ2) is 9.49. The van der Waals surface area contributed by atoms with Crippen molar-refractivity contribution in [2.24, 2.45) is 0 Å². The van der Waals surface area contributed by atoms with Gasteiger partial charge in [-0.05, 0) is 53.9 Å². The minimum Gasteiger partial charge on any atom is -0.389 e. The van der Waals surface area contributed by atoms with Crippen molar-refractivity contribution < 1.29 is 14.7 Å². The number of nitrogens with one attached hydrogen (secondary N) is 1. The van der Waals surface area contributed by atoms with Crippen molar-refractivity contribution in [1.29, 1.82) is 5.26 Å². The van der Waals surface area contributed by atoms with E-state index in [0.717, 1.165) is 22.4 Å². The van der Waals surface area contributed by atoms with E-state index < -0.39 is 12.0 Å². The van der Waals surface area contributed by atoms with Crippen LogP contribution in [0.4, 0.5) is 11.4 Å². The molecule has 5 rings (SSSR count). The molecule has 0 saturated heterocycles. The number of carbonyl (C=O) groups excluding carboxylic acids is 2. The highest BCUT2D eigenvalue weighted by atomic mass is 16.3. The van der Waals surface area contributed by atoms with Crippen LogP contribution in [0.15, 0.2) is 79.0 Å². The lowest BCUT2D eigenvalue weighted by molar-refractivity contribution is 0.0947. The molecule has 1 atom stereocenters. The Hall–Kier alpha value is -4.74. The summed E-state index contributed by atoms with van der Waals surface area (Å²) in [6.07, 6.45) is 0.884. The molecule has 3 aromatic carbocycles. The lowest BCUT2D eigenvalue weighted by Crippen LogP contribution is -2.41. The lowest BCUT2D eigenvalue weighted by atomic mass is 10.0. The predicted molar refractivity (Wildman–Crippen MR) is 136 cm³/mol. The summed E-state index contributed by atoms with van der Waals surface area (Å²) in [6, 6.07) is 24.0. The Bertz CT molecular complexity index is 1480. The van der Waals surface area contributed by atoms with Gasteiger partial charge in [0.2, 0.25) is 0 Å². The third-order valence-electron chi connectivity index (χ3n) is 6.22. The van der Waals surface area contributed by atoms with Crippen LogP contribution in [0.3, 0.4) is 0 Å². The number of hydrogen-bond acceptors (Lipinski definition) is 5. The highest BCUT2D eigenvalue weighted by molar-refractivity contribution is 6.15. The van der Waals surface area contributed by atoms with Gasteiger partial charge in [-0.25, -0.2) is 0 Å².